The van der Waals surface area contributed by atoms with Crippen LogP contribution < -0.4 is 29.6 Å². The van der Waals surface area contributed by atoms with Gasteiger partial charge in [0.05, 0.1) is 12.1 Å². The maximum atomic E-state index is 12.3. The minimum Gasteiger partial charge on any atom is -0.486 e. The Labute approximate surface area is 199 Å². The van der Waals surface area contributed by atoms with E-state index in [4.69, 9.17) is 18.9 Å². The minimum atomic E-state index is -0.246. The van der Waals surface area contributed by atoms with E-state index >= 15 is 0 Å². The summed E-state index contributed by atoms with van der Waals surface area (Å²) in [4.78, 5) is 24.7. The highest BCUT2D eigenvalue weighted by atomic mass is 16.6. The van der Waals surface area contributed by atoms with Gasteiger partial charge < -0.3 is 29.6 Å². The lowest BCUT2D eigenvalue weighted by Crippen LogP contribution is -2.48. The summed E-state index contributed by atoms with van der Waals surface area (Å²) >= 11 is 0. The van der Waals surface area contributed by atoms with Gasteiger partial charge in [0.25, 0.3) is 0 Å². The number of ether oxygens (including phenoxy) is 4. The topological polar surface area (TPSA) is 95.1 Å². The number of carbonyl (C=O) groups excluding carboxylic acids is 2. The van der Waals surface area contributed by atoms with Crippen molar-refractivity contribution in [3.8, 4) is 23.0 Å². The molecule has 2 N–H and O–H groups in total. The van der Waals surface area contributed by atoms with E-state index in [-0.39, 0.29) is 36.1 Å². The fourth-order valence-electron chi connectivity index (χ4n) is 3.97. The van der Waals surface area contributed by atoms with Gasteiger partial charge in [-0.1, -0.05) is 24.3 Å². The zero-order chi connectivity index (χ0) is 23.9. The molecule has 0 aliphatic carbocycles. The first-order valence-corrected chi connectivity index (χ1v) is 11.9. The fourth-order valence-corrected chi connectivity index (χ4v) is 3.97. The second-order valence-corrected chi connectivity index (χ2v) is 8.75. The lowest BCUT2D eigenvalue weighted by atomic mass is 10.1. The number of carbonyl (C=O) groups is 2. The van der Waals surface area contributed by atoms with Gasteiger partial charge in [0, 0.05) is 12.8 Å². The van der Waals surface area contributed by atoms with Crippen molar-refractivity contribution in [1.82, 2.24) is 10.6 Å². The Kier molecular flexibility index (Phi) is 7.77. The number of amides is 2. The molecule has 8 heteroatoms. The van der Waals surface area contributed by atoms with Gasteiger partial charge in [-0.15, -0.1) is 0 Å². The van der Waals surface area contributed by atoms with Gasteiger partial charge in [-0.3, -0.25) is 9.59 Å². The van der Waals surface area contributed by atoms with Crippen molar-refractivity contribution >= 4 is 11.8 Å². The SMILES string of the molecule is C[C@H](NC(=O)CCCCC(=O)N[C@@H](C)[C@@H]1COc2ccccc2O1)[C@@H]1COc2ccccc2O1. The lowest BCUT2D eigenvalue weighted by molar-refractivity contribution is -0.124. The standard InChI is InChI=1S/C26H32N2O6/c1-17(23-15-31-19-9-3-5-11-21(19)33-23)27-25(29)13-7-8-14-26(30)28-18(2)24-16-32-20-10-4-6-12-22(20)34-24/h3-6,9-12,17-18,23-24H,7-8,13-16H2,1-2H3,(H,27,29)(H,28,30)/t17-,18-,23-,24-/m0/s1. The molecule has 0 radical (unpaired) electrons. The molecule has 0 bridgehead atoms. The van der Waals surface area contributed by atoms with Crippen molar-refractivity contribution in [3.05, 3.63) is 48.5 Å². The third kappa shape index (κ3) is 6.12. The number of benzene rings is 2. The summed E-state index contributed by atoms with van der Waals surface area (Å²) in [7, 11) is 0. The molecule has 182 valence electrons. The van der Waals surface area contributed by atoms with Crippen LogP contribution in [0.4, 0.5) is 0 Å². The molecule has 2 aliphatic rings. The maximum absolute atomic E-state index is 12.3. The second kappa shape index (κ2) is 11.1. The molecule has 2 amide bonds. The molecule has 0 unspecified atom stereocenters. The molecule has 0 spiro atoms. The normalized spacial score (nSPS) is 20.1. The molecule has 0 fully saturated rings. The summed E-state index contributed by atoms with van der Waals surface area (Å²) in [6.45, 7) is 4.59. The maximum Gasteiger partial charge on any atom is 0.220 e. The number of hydrogen-bond donors (Lipinski definition) is 2. The molecule has 0 aromatic heterocycles. The van der Waals surface area contributed by atoms with Gasteiger partial charge in [-0.05, 0) is 51.0 Å². The van der Waals surface area contributed by atoms with E-state index in [1.165, 1.54) is 0 Å². The minimum absolute atomic E-state index is 0.0600. The monoisotopic (exact) mass is 468 g/mol. The molecular weight excluding hydrogens is 436 g/mol. The highest BCUT2D eigenvalue weighted by Gasteiger charge is 2.28. The predicted molar refractivity (Wildman–Crippen MR) is 126 cm³/mol. The first kappa shape index (κ1) is 23.7. The average Bonchev–Trinajstić information content (AvgIpc) is 2.86. The van der Waals surface area contributed by atoms with Crippen LogP contribution in [-0.2, 0) is 9.59 Å². The van der Waals surface area contributed by atoms with Crippen molar-refractivity contribution in [1.29, 1.82) is 0 Å². The molecule has 0 saturated heterocycles. The zero-order valence-corrected chi connectivity index (χ0v) is 19.6. The zero-order valence-electron chi connectivity index (χ0n) is 19.6. The summed E-state index contributed by atoms with van der Waals surface area (Å²) in [5, 5.41) is 5.95. The molecule has 2 aliphatic heterocycles. The second-order valence-electron chi connectivity index (χ2n) is 8.75. The highest BCUT2D eigenvalue weighted by molar-refractivity contribution is 5.77. The molecule has 2 heterocycles. The quantitative estimate of drug-likeness (QED) is 0.549. The molecule has 4 rings (SSSR count). The van der Waals surface area contributed by atoms with Crippen LogP contribution in [0, 0.1) is 0 Å². The number of para-hydroxylation sites is 4. The predicted octanol–water partition coefficient (Wildman–Crippen LogP) is 3.24. The van der Waals surface area contributed by atoms with Gasteiger partial charge in [0.1, 0.15) is 13.2 Å². The fraction of sp³-hybridized carbons (Fsp3) is 0.462. The molecule has 2 aromatic carbocycles. The average molecular weight is 469 g/mol. The smallest absolute Gasteiger partial charge is 0.220 e. The van der Waals surface area contributed by atoms with E-state index < -0.39 is 0 Å². The van der Waals surface area contributed by atoms with Gasteiger partial charge in [0.2, 0.25) is 11.8 Å². The molecule has 34 heavy (non-hydrogen) atoms. The van der Waals surface area contributed by atoms with Crippen molar-refractivity contribution in [2.75, 3.05) is 13.2 Å². The van der Waals surface area contributed by atoms with Crippen LogP contribution in [-0.4, -0.2) is 49.3 Å². The Morgan fingerprint density at radius 2 is 1.12 bits per heavy atom. The lowest BCUT2D eigenvalue weighted by Gasteiger charge is -2.31. The first-order chi connectivity index (χ1) is 16.5. The Morgan fingerprint density at radius 1 is 0.735 bits per heavy atom. The van der Waals surface area contributed by atoms with Crippen LogP contribution >= 0.6 is 0 Å². The molecule has 4 atom stereocenters. The molecular formula is C26H32N2O6. The van der Waals surface area contributed by atoms with Crippen LogP contribution in [0.25, 0.3) is 0 Å². The Balaban J connectivity index is 1.11. The Bertz CT molecular complexity index is 917. The van der Waals surface area contributed by atoms with E-state index in [1.807, 2.05) is 62.4 Å². The highest BCUT2D eigenvalue weighted by Crippen LogP contribution is 2.32. The van der Waals surface area contributed by atoms with E-state index in [1.54, 1.807) is 0 Å². The summed E-state index contributed by atoms with van der Waals surface area (Å²) in [6, 6.07) is 14.6. The number of fused-ring (bicyclic) bond motifs is 2. The molecule has 0 saturated carbocycles. The van der Waals surface area contributed by atoms with Crippen molar-refractivity contribution < 1.29 is 28.5 Å². The van der Waals surface area contributed by atoms with Crippen molar-refractivity contribution in [2.24, 2.45) is 0 Å². The number of unbranched alkanes of at least 4 members (excludes halogenated alkanes) is 1. The molecule has 2 aromatic rings. The third-order valence-corrected chi connectivity index (χ3v) is 6.01. The summed E-state index contributed by atoms with van der Waals surface area (Å²) in [5.74, 6) is 2.70. The Hall–Kier alpha value is -3.42. The van der Waals surface area contributed by atoms with Gasteiger partial charge in [-0.2, -0.15) is 0 Å². The number of rotatable bonds is 9. The number of hydrogen-bond acceptors (Lipinski definition) is 6. The van der Waals surface area contributed by atoms with Crippen LogP contribution in [0.15, 0.2) is 48.5 Å². The summed E-state index contributed by atoms with van der Waals surface area (Å²) in [6.07, 6.45) is 1.47. The van der Waals surface area contributed by atoms with Gasteiger partial charge in [-0.25, -0.2) is 0 Å². The van der Waals surface area contributed by atoms with Crippen LogP contribution in [0.3, 0.4) is 0 Å². The van der Waals surface area contributed by atoms with E-state index in [2.05, 4.69) is 10.6 Å². The van der Waals surface area contributed by atoms with Crippen molar-refractivity contribution in [3.63, 3.8) is 0 Å². The van der Waals surface area contributed by atoms with E-state index in [0.29, 0.717) is 50.4 Å². The van der Waals surface area contributed by atoms with Gasteiger partial charge in [0.15, 0.2) is 35.2 Å². The summed E-state index contributed by atoms with van der Waals surface area (Å²) < 4.78 is 23.3. The van der Waals surface area contributed by atoms with Crippen LogP contribution in [0.5, 0.6) is 23.0 Å². The Morgan fingerprint density at radius 3 is 1.53 bits per heavy atom. The van der Waals surface area contributed by atoms with E-state index in [0.717, 1.165) is 11.5 Å². The molecule has 8 nitrogen and oxygen atoms in total. The number of nitrogens with one attached hydrogen (secondary N) is 2. The largest absolute Gasteiger partial charge is 0.486 e. The van der Waals surface area contributed by atoms with Crippen molar-refractivity contribution in [2.45, 2.75) is 63.8 Å². The third-order valence-electron chi connectivity index (χ3n) is 6.01. The van der Waals surface area contributed by atoms with Gasteiger partial charge >= 0.3 is 0 Å². The van der Waals surface area contributed by atoms with Crippen LogP contribution in [0.1, 0.15) is 39.5 Å². The van der Waals surface area contributed by atoms with Crippen LogP contribution in [0.2, 0.25) is 0 Å². The summed E-state index contributed by atoms with van der Waals surface area (Å²) in [5.41, 5.74) is 0. The van der Waals surface area contributed by atoms with E-state index in [9.17, 15) is 9.59 Å². The first-order valence-electron chi connectivity index (χ1n) is 11.9.